The van der Waals surface area contributed by atoms with Crippen LogP contribution in [0.15, 0.2) is 0 Å². The standard InChI is InChI=1S/Ag.Au.Cu.Fe.Pb.S.Zn. The average molecular weight is 729 g/mol. The molecule has 0 rings (SSSR count). The Morgan fingerprint density at radius 3 is 1.14 bits per heavy atom. The third-order valence-electron chi connectivity index (χ3n) is 0. The van der Waals surface area contributed by atoms with E-state index in [0.29, 0.717) is 0 Å². The molecule has 0 fully saturated rings. The van der Waals surface area contributed by atoms with Crippen LogP contribution in [0.2, 0.25) is 0 Å². The smallest absolute Gasteiger partial charge is 0 e. The maximum atomic E-state index is 3.83. The predicted octanol–water partition coefficient (Wildman–Crippen LogP) is 0.255. The fraction of sp³-hybridized carbons (Fsp3) is 0. The minimum absolute atomic E-state index is 0. The SMILES string of the molecule is [Ag].[Au].[Cu].[Pb].[S]=[Fe].[Zn]. The minimum atomic E-state index is 0. The molecule has 0 saturated heterocycles. The molecule has 0 aromatic carbocycles. The average Bonchev–Trinajstić information content (AvgIpc) is 1.00. The Morgan fingerprint density at radius 1 is 1.14 bits per heavy atom. The summed E-state index contributed by atoms with van der Waals surface area (Å²) in [4.78, 5) is 0. The van der Waals surface area contributed by atoms with Crippen molar-refractivity contribution < 1.29 is 95.7 Å². The van der Waals surface area contributed by atoms with Crippen LogP contribution in [0, 0.1) is 0 Å². The third kappa shape index (κ3) is 38.4. The van der Waals surface area contributed by atoms with Crippen molar-refractivity contribution in [2.24, 2.45) is 0 Å². The van der Waals surface area contributed by atoms with Gasteiger partial charge in [-0.3, -0.25) is 0 Å². The third-order valence-corrected chi connectivity index (χ3v) is 0. The molecule has 0 atom stereocenters. The summed E-state index contributed by atoms with van der Waals surface area (Å²) in [5, 5.41) is 0. The van der Waals surface area contributed by atoms with E-state index in [0.717, 1.165) is 0 Å². The van der Waals surface area contributed by atoms with E-state index >= 15 is 0 Å². The van der Waals surface area contributed by atoms with E-state index in [9.17, 15) is 0 Å². The van der Waals surface area contributed by atoms with E-state index in [1.807, 2.05) is 0 Å². The molecule has 0 nitrogen and oxygen atoms in total. The van der Waals surface area contributed by atoms with Gasteiger partial charge in [0.25, 0.3) is 0 Å². The van der Waals surface area contributed by atoms with Crippen molar-refractivity contribution >= 4 is 37.9 Å². The molecule has 0 heterocycles. The summed E-state index contributed by atoms with van der Waals surface area (Å²) >= 11 is 2.83. The second-order valence-electron chi connectivity index (χ2n) is 0. The van der Waals surface area contributed by atoms with E-state index < -0.39 is 0 Å². The van der Waals surface area contributed by atoms with Gasteiger partial charge in [-0.2, -0.15) is 0 Å². The van der Waals surface area contributed by atoms with Gasteiger partial charge in [-0.25, -0.2) is 0 Å². The van der Waals surface area contributed by atoms with Gasteiger partial charge >= 0.3 is 24.9 Å². The second kappa shape index (κ2) is 48.3. The van der Waals surface area contributed by atoms with E-state index in [1.165, 1.54) is 0 Å². The Kier molecular flexibility index (Phi) is 295. The van der Waals surface area contributed by atoms with Crippen molar-refractivity contribution in [1.29, 1.82) is 0 Å². The molecule has 7 heavy (non-hydrogen) atoms. The molecule has 7 radical (unpaired) electrons. The van der Waals surface area contributed by atoms with Gasteiger partial charge in [0.2, 0.25) is 0 Å². The molecular formula is AgAuCuFePbSZn. The minimum Gasteiger partial charge on any atom is 0 e. The summed E-state index contributed by atoms with van der Waals surface area (Å²) in [6.45, 7) is 0. The van der Waals surface area contributed by atoms with E-state index in [1.54, 1.807) is 0 Å². The van der Waals surface area contributed by atoms with Crippen LogP contribution in [-0.2, 0) is 95.7 Å². The molecule has 0 N–H and O–H groups in total. The molecular weight excluding hydrogens is 729 g/mol. The Balaban J connectivity index is -0.000000000500. The van der Waals surface area contributed by atoms with Crippen molar-refractivity contribution in [3.8, 4) is 0 Å². The number of rotatable bonds is 0. The summed E-state index contributed by atoms with van der Waals surface area (Å²) in [5.74, 6) is 0. The molecule has 7 heteroatoms. The van der Waals surface area contributed by atoms with Crippen LogP contribution in [-0.4, -0.2) is 27.3 Å². The predicted molar refractivity (Wildman–Crippen MR) is 13.3 cm³/mol. The Bertz CT molecular complexity index is 19.7. The van der Waals surface area contributed by atoms with Crippen LogP contribution in [0.3, 0.4) is 0 Å². The van der Waals surface area contributed by atoms with Gasteiger partial charge in [-0.05, 0) is 0 Å². The van der Waals surface area contributed by atoms with Crippen molar-refractivity contribution in [2.75, 3.05) is 0 Å². The van der Waals surface area contributed by atoms with Gasteiger partial charge in [0.05, 0.1) is 0 Å². The topological polar surface area (TPSA) is 0 Å². The Morgan fingerprint density at radius 2 is 1.14 bits per heavy atom. The van der Waals surface area contributed by atoms with Crippen molar-refractivity contribution in [3.63, 3.8) is 0 Å². The first-order valence-corrected chi connectivity index (χ1v) is 1.79. The van der Waals surface area contributed by atoms with Crippen LogP contribution < -0.4 is 0 Å². The van der Waals surface area contributed by atoms with Gasteiger partial charge in [-0.1, -0.05) is 0 Å². The van der Waals surface area contributed by atoms with Gasteiger partial charge in [-0.15, -0.1) is 0 Å². The number of hydrogen-bond acceptors (Lipinski definition) is 1. The molecule has 0 aliphatic rings. The fourth-order valence-corrected chi connectivity index (χ4v) is 0. The zero-order chi connectivity index (χ0) is 2.00. The summed E-state index contributed by atoms with van der Waals surface area (Å²) in [5.41, 5.74) is 0. The van der Waals surface area contributed by atoms with Crippen LogP contribution >= 0.6 is 10.6 Å². The second-order valence-corrected chi connectivity index (χ2v) is 0. The van der Waals surface area contributed by atoms with Crippen molar-refractivity contribution in [1.82, 2.24) is 0 Å². The van der Waals surface area contributed by atoms with Gasteiger partial charge in [0.15, 0.2) is 0 Å². The fourth-order valence-electron chi connectivity index (χ4n) is 0. The van der Waals surface area contributed by atoms with Crippen LogP contribution in [0.5, 0.6) is 0 Å². The summed E-state index contributed by atoms with van der Waals surface area (Å²) in [6.07, 6.45) is 0. The van der Waals surface area contributed by atoms with Gasteiger partial charge < -0.3 is 0 Å². The monoisotopic (exact) mass is 727 g/mol. The summed E-state index contributed by atoms with van der Waals surface area (Å²) in [7, 11) is 3.83. The van der Waals surface area contributed by atoms with E-state index in [4.69, 9.17) is 0 Å². The molecule has 0 aromatic heterocycles. The normalized spacial score (nSPS) is 0.714. The largest absolute Gasteiger partial charge is 0 e. The molecule has 53 valence electrons. The van der Waals surface area contributed by atoms with Crippen molar-refractivity contribution in [3.05, 3.63) is 0 Å². The first-order valence-electron chi connectivity index (χ1n) is 0.144. The first-order chi connectivity index (χ1) is 1.00. The van der Waals surface area contributed by atoms with Gasteiger partial charge in [0, 0.05) is 109 Å². The molecule has 0 unspecified atom stereocenters. The van der Waals surface area contributed by atoms with Crippen LogP contribution in [0.4, 0.5) is 0 Å². The van der Waals surface area contributed by atoms with Crippen LogP contribution in [0.1, 0.15) is 0 Å². The Hall–Kier alpha value is 4.28. The molecule has 0 aromatic rings. The first kappa shape index (κ1) is 42.7. The molecule has 0 bridgehead atoms. The molecule has 0 aliphatic carbocycles. The summed E-state index contributed by atoms with van der Waals surface area (Å²) in [6, 6.07) is 0. The molecule has 0 saturated carbocycles. The van der Waals surface area contributed by atoms with E-state index in [-0.39, 0.29) is 109 Å². The molecule has 0 spiro atoms. The maximum Gasteiger partial charge on any atom is 0 e. The van der Waals surface area contributed by atoms with Gasteiger partial charge in [0.1, 0.15) is 0 Å². The Labute approximate surface area is 131 Å². The van der Waals surface area contributed by atoms with Crippen LogP contribution in [0.25, 0.3) is 0 Å². The van der Waals surface area contributed by atoms with E-state index in [2.05, 4.69) is 24.9 Å². The summed E-state index contributed by atoms with van der Waals surface area (Å²) < 4.78 is 0. The quantitative estimate of drug-likeness (QED) is 0.323. The maximum absolute atomic E-state index is 3.83. The zero-order valence-electron chi connectivity index (χ0n) is 2.87. The van der Waals surface area contributed by atoms with Crippen molar-refractivity contribution in [2.45, 2.75) is 0 Å². The number of hydrogen-bond donors (Lipinski definition) is 0. The molecule has 0 amide bonds. The molecule has 0 aliphatic heterocycles. The zero-order valence-corrected chi connectivity index (χ0v) is 16.2.